The standard InChI is InChI=1S/C14H20FNOS/c1-10(12-5-4-11(15)8-13(12)17)16-9-14(18-2)6-3-7-14/h4-5,8,10,16-17H,3,6-7,9H2,1-2H3. The Bertz CT molecular complexity index is 415. The molecular weight excluding hydrogens is 249 g/mol. The lowest BCUT2D eigenvalue weighted by atomic mass is 9.84. The van der Waals surface area contributed by atoms with Crippen molar-refractivity contribution in [3.8, 4) is 5.75 Å². The summed E-state index contributed by atoms with van der Waals surface area (Å²) in [4.78, 5) is 0. The molecule has 18 heavy (non-hydrogen) atoms. The zero-order chi connectivity index (χ0) is 13.2. The zero-order valence-corrected chi connectivity index (χ0v) is 11.7. The van der Waals surface area contributed by atoms with Crippen LogP contribution in [0.25, 0.3) is 0 Å². The van der Waals surface area contributed by atoms with E-state index in [1.807, 2.05) is 18.7 Å². The molecule has 2 nitrogen and oxygen atoms in total. The van der Waals surface area contributed by atoms with Crippen LogP contribution in [0.5, 0.6) is 5.75 Å². The van der Waals surface area contributed by atoms with E-state index in [-0.39, 0.29) is 11.8 Å². The molecule has 2 rings (SSSR count). The number of benzene rings is 1. The number of hydrogen-bond acceptors (Lipinski definition) is 3. The summed E-state index contributed by atoms with van der Waals surface area (Å²) in [5.41, 5.74) is 0.756. The summed E-state index contributed by atoms with van der Waals surface area (Å²) in [5.74, 6) is -0.371. The first-order valence-electron chi connectivity index (χ1n) is 6.33. The van der Waals surface area contributed by atoms with E-state index in [1.165, 1.54) is 31.4 Å². The van der Waals surface area contributed by atoms with E-state index in [9.17, 15) is 9.50 Å². The molecule has 1 unspecified atom stereocenters. The van der Waals surface area contributed by atoms with E-state index < -0.39 is 5.82 Å². The molecule has 1 atom stereocenters. The van der Waals surface area contributed by atoms with Gasteiger partial charge in [-0.2, -0.15) is 11.8 Å². The highest BCUT2D eigenvalue weighted by atomic mass is 32.2. The lowest BCUT2D eigenvalue weighted by Crippen LogP contribution is -2.44. The third kappa shape index (κ3) is 2.81. The first kappa shape index (κ1) is 13.7. The third-order valence-electron chi connectivity index (χ3n) is 3.89. The molecule has 0 spiro atoms. The van der Waals surface area contributed by atoms with Crippen LogP contribution < -0.4 is 5.32 Å². The Hall–Kier alpha value is -0.740. The van der Waals surface area contributed by atoms with Gasteiger partial charge in [-0.1, -0.05) is 12.5 Å². The highest BCUT2D eigenvalue weighted by molar-refractivity contribution is 8.00. The number of rotatable bonds is 5. The van der Waals surface area contributed by atoms with Gasteiger partial charge in [0.05, 0.1) is 0 Å². The fourth-order valence-electron chi connectivity index (χ4n) is 2.36. The molecule has 4 heteroatoms. The van der Waals surface area contributed by atoms with E-state index in [1.54, 1.807) is 6.07 Å². The quantitative estimate of drug-likeness (QED) is 0.858. The molecule has 1 aromatic carbocycles. The molecule has 0 aromatic heterocycles. The highest BCUT2D eigenvalue weighted by Crippen LogP contribution is 2.42. The van der Waals surface area contributed by atoms with Crippen molar-refractivity contribution in [2.75, 3.05) is 12.8 Å². The van der Waals surface area contributed by atoms with Gasteiger partial charge in [0, 0.05) is 29.0 Å². The van der Waals surface area contributed by atoms with Crippen molar-refractivity contribution in [1.29, 1.82) is 0 Å². The van der Waals surface area contributed by atoms with Crippen molar-refractivity contribution in [3.05, 3.63) is 29.6 Å². The Morgan fingerprint density at radius 2 is 2.22 bits per heavy atom. The van der Waals surface area contributed by atoms with Crippen LogP contribution in [0.3, 0.4) is 0 Å². The normalized spacial score (nSPS) is 19.3. The summed E-state index contributed by atoms with van der Waals surface area (Å²) in [6.07, 6.45) is 5.96. The van der Waals surface area contributed by atoms with Gasteiger partial charge in [0.2, 0.25) is 0 Å². The lowest BCUT2D eigenvalue weighted by molar-refractivity contribution is 0.332. The van der Waals surface area contributed by atoms with Crippen molar-refractivity contribution >= 4 is 11.8 Å². The van der Waals surface area contributed by atoms with Gasteiger partial charge in [-0.25, -0.2) is 4.39 Å². The van der Waals surface area contributed by atoms with Crippen LogP contribution in [0.1, 0.15) is 37.8 Å². The molecule has 1 aliphatic carbocycles. The van der Waals surface area contributed by atoms with Gasteiger partial charge in [0.25, 0.3) is 0 Å². The Morgan fingerprint density at radius 3 is 2.72 bits per heavy atom. The molecule has 0 saturated heterocycles. The second-order valence-corrected chi connectivity index (χ2v) is 6.32. The molecule has 1 aliphatic rings. The van der Waals surface area contributed by atoms with Gasteiger partial charge in [-0.05, 0) is 32.1 Å². The molecule has 0 aliphatic heterocycles. The molecule has 1 aromatic rings. The van der Waals surface area contributed by atoms with Crippen molar-refractivity contribution in [2.45, 2.75) is 37.0 Å². The Labute approximate surface area is 112 Å². The molecule has 0 radical (unpaired) electrons. The zero-order valence-electron chi connectivity index (χ0n) is 10.9. The number of halogens is 1. The summed E-state index contributed by atoms with van der Waals surface area (Å²) < 4.78 is 13.3. The van der Waals surface area contributed by atoms with Crippen molar-refractivity contribution in [1.82, 2.24) is 5.32 Å². The predicted molar refractivity (Wildman–Crippen MR) is 74.6 cm³/mol. The van der Waals surface area contributed by atoms with E-state index >= 15 is 0 Å². The van der Waals surface area contributed by atoms with Crippen LogP contribution in [0.15, 0.2) is 18.2 Å². The maximum absolute atomic E-state index is 12.9. The third-order valence-corrected chi connectivity index (χ3v) is 5.31. The van der Waals surface area contributed by atoms with Crippen LogP contribution in [0, 0.1) is 5.82 Å². The average molecular weight is 269 g/mol. The monoisotopic (exact) mass is 269 g/mol. The minimum atomic E-state index is -0.400. The molecule has 2 N–H and O–H groups in total. The van der Waals surface area contributed by atoms with Crippen LogP contribution >= 0.6 is 11.8 Å². The fraction of sp³-hybridized carbons (Fsp3) is 0.571. The second kappa shape index (κ2) is 5.49. The maximum atomic E-state index is 12.9. The molecule has 0 heterocycles. The SMILES string of the molecule is CSC1(CNC(C)c2ccc(F)cc2O)CCC1. The van der Waals surface area contributed by atoms with Gasteiger partial charge in [0.15, 0.2) is 0 Å². The summed E-state index contributed by atoms with van der Waals surface area (Å²) >= 11 is 1.92. The van der Waals surface area contributed by atoms with Gasteiger partial charge >= 0.3 is 0 Å². The van der Waals surface area contributed by atoms with Gasteiger partial charge < -0.3 is 10.4 Å². The predicted octanol–water partition coefficient (Wildman–Crippen LogP) is 3.47. The lowest BCUT2D eigenvalue weighted by Gasteiger charge is -2.41. The number of thioether (sulfide) groups is 1. The van der Waals surface area contributed by atoms with Gasteiger partial charge in [-0.3, -0.25) is 0 Å². The topological polar surface area (TPSA) is 32.3 Å². The van der Waals surface area contributed by atoms with E-state index in [4.69, 9.17) is 0 Å². The molecule has 100 valence electrons. The second-order valence-electron chi connectivity index (χ2n) is 5.05. The summed E-state index contributed by atoms with van der Waals surface area (Å²) in [5, 5.41) is 13.2. The van der Waals surface area contributed by atoms with E-state index in [0.29, 0.717) is 4.75 Å². The maximum Gasteiger partial charge on any atom is 0.126 e. The first-order valence-corrected chi connectivity index (χ1v) is 7.56. The first-order chi connectivity index (χ1) is 8.56. The number of aromatic hydroxyl groups is 1. The van der Waals surface area contributed by atoms with Crippen LogP contribution in [0.2, 0.25) is 0 Å². The van der Waals surface area contributed by atoms with Crippen LogP contribution in [-0.4, -0.2) is 22.7 Å². The van der Waals surface area contributed by atoms with E-state index in [2.05, 4.69) is 11.6 Å². The largest absolute Gasteiger partial charge is 0.508 e. The number of phenolic OH excluding ortho intramolecular Hbond substituents is 1. The fourth-order valence-corrected chi connectivity index (χ4v) is 3.28. The Balaban J connectivity index is 1.97. The number of hydrogen-bond donors (Lipinski definition) is 2. The minimum Gasteiger partial charge on any atom is -0.508 e. The number of phenols is 1. The summed E-state index contributed by atoms with van der Waals surface area (Å²) in [6.45, 7) is 2.94. The Kier molecular flexibility index (Phi) is 4.17. The molecular formula is C14H20FNOS. The van der Waals surface area contributed by atoms with Crippen LogP contribution in [-0.2, 0) is 0 Å². The van der Waals surface area contributed by atoms with Crippen molar-refractivity contribution in [3.63, 3.8) is 0 Å². The molecule has 0 bridgehead atoms. The average Bonchev–Trinajstić information content (AvgIpc) is 2.27. The van der Waals surface area contributed by atoms with Gasteiger partial charge in [-0.15, -0.1) is 0 Å². The van der Waals surface area contributed by atoms with Crippen molar-refractivity contribution in [2.24, 2.45) is 0 Å². The number of nitrogens with one attached hydrogen (secondary N) is 1. The molecule has 0 amide bonds. The smallest absolute Gasteiger partial charge is 0.126 e. The minimum absolute atomic E-state index is 0.0295. The van der Waals surface area contributed by atoms with Gasteiger partial charge in [0.1, 0.15) is 11.6 Å². The summed E-state index contributed by atoms with van der Waals surface area (Å²) in [7, 11) is 0. The molecule has 1 saturated carbocycles. The Morgan fingerprint density at radius 1 is 1.50 bits per heavy atom. The molecule has 1 fully saturated rings. The van der Waals surface area contributed by atoms with E-state index in [0.717, 1.165) is 12.1 Å². The van der Waals surface area contributed by atoms with Crippen molar-refractivity contribution < 1.29 is 9.50 Å². The summed E-state index contributed by atoms with van der Waals surface area (Å²) in [6, 6.07) is 4.24. The van der Waals surface area contributed by atoms with Crippen LogP contribution in [0.4, 0.5) is 4.39 Å². The highest BCUT2D eigenvalue weighted by Gasteiger charge is 2.36.